The molecule has 0 aromatic heterocycles. The molecule has 1 aromatic rings. The lowest BCUT2D eigenvalue weighted by atomic mass is 9.90. The van der Waals surface area contributed by atoms with E-state index >= 15 is 0 Å². The van der Waals surface area contributed by atoms with Crippen molar-refractivity contribution in [3.63, 3.8) is 0 Å². The van der Waals surface area contributed by atoms with Gasteiger partial charge in [-0.15, -0.1) is 0 Å². The van der Waals surface area contributed by atoms with Gasteiger partial charge in [-0.25, -0.2) is 0 Å². The zero-order valence-electron chi connectivity index (χ0n) is 12.5. The smallest absolute Gasteiger partial charge is 0.234 e. The minimum atomic E-state index is -0.540. The Balaban J connectivity index is 1.74. The third-order valence-electron chi connectivity index (χ3n) is 5.13. The van der Waals surface area contributed by atoms with E-state index in [0.29, 0.717) is 6.54 Å². The van der Waals surface area contributed by atoms with Gasteiger partial charge in [-0.1, -0.05) is 24.3 Å². The average Bonchev–Trinajstić information content (AvgIpc) is 2.89. The number of carbonyl (C=O) groups excluding carboxylic acids is 3. The second kappa shape index (κ2) is 5.24. The summed E-state index contributed by atoms with van der Waals surface area (Å²) in [5.74, 6) is -1.43. The molecule has 2 amide bonds. The van der Waals surface area contributed by atoms with Crippen molar-refractivity contribution in [2.45, 2.75) is 18.6 Å². The van der Waals surface area contributed by atoms with Gasteiger partial charge in [0.05, 0.1) is 17.9 Å². The highest BCUT2D eigenvalue weighted by Gasteiger charge is 2.63. The molecule has 0 unspecified atom stereocenters. The van der Waals surface area contributed by atoms with Crippen LogP contribution >= 0.6 is 22.6 Å². The van der Waals surface area contributed by atoms with E-state index in [9.17, 15) is 14.4 Å². The molecule has 23 heavy (non-hydrogen) atoms. The minimum Gasteiger partial charge on any atom is -0.293 e. The number of nitrogens with zero attached hydrogens (tertiary/aromatic N) is 2. The molecular weight excluding hydrogens is 407 g/mol. The molecule has 3 heterocycles. The monoisotopic (exact) mass is 422 g/mol. The zero-order chi connectivity index (χ0) is 16.3. The number of ketones is 1. The maximum atomic E-state index is 12.4. The van der Waals surface area contributed by atoms with E-state index in [-0.39, 0.29) is 23.6 Å². The third-order valence-corrected chi connectivity index (χ3v) is 6.18. The number of fused-ring (bicyclic) bond motifs is 5. The fourth-order valence-electron chi connectivity index (χ4n) is 4.04. The predicted molar refractivity (Wildman–Crippen MR) is 91.2 cm³/mol. The van der Waals surface area contributed by atoms with Crippen LogP contribution in [0.3, 0.4) is 0 Å². The molecule has 0 N–H and O–H groups in total. The number of likely N-dealkylation sites (tertiary alicyclic amines) is 1. The van der Waals surface area contributed by atoms with Crippen molar-refractivity contribution in [1.82, 2.24) is 9.80 Å². The van der Waals surface area contributed by atoms with E-state index in [1.165, 1.54) is 11.9 Å². The van der Waals surface area contributed by atoms with Crippen LogP contribution in [0.15, 0.2) is 36.4 Å². The molecule has 0 saturated carbocycles. The van der Waals surface area contributed by atoms with Crippen molar-refractivity contribution in [2.24, 2.45) is 11.8 Å². The van der Waals surface area contributed by atoms with Crippen molar-refractivity contribution >= 4 is 40.2 Å². The van der Waals surface area contributed by atoms with E-state index in [2.05, 4.69) is 22.6 Å². The lowest BCUT2D eigenvalue weighted by Crippen LogP contribution is -2.48. The van der Waals surface area contributed by atoms with Gasteiger partial charge in [0.1, 0.15) is 0 Å². The molecule has 5 nitrogen and oxygen atoms in total. The van der Waals surface area contributed by atoms with Crippen LogP contribution in [0.25, 0.3) is 0 Å². The summed E-state index contributed by atoms with van der Waals surface area (Å²) in [7, 11) is 1.51. The highest BCUT2D eigenvalue weighted by molar-refractivity contribution is 14.1. The first kappa shape index (κ1) is 15.0. The van der Waals surface area contributed by atoms with Crippen molar-refractivity contribution in [3.8, 4) is 0 Å². The van der Waals surface area contributed by atoms with E-state index in [0.717, 1.165) is 9.13 Å². The first-order valence-electron chi connectivity index (χ1n) is 7.53. The number of halogens is 1. The number of rotatable bonds is 2. The van der Waals surface area contributed by atoms with Crippen LogP contribution in [0.2, 0.25) is 0 Å². The molecule has 2 saturated heterocycles. The van der Waals surface area contributed by atoms with Gasteiger partial charge in [-0.3, -0.25) is 24.2 Å². The molecular formula is C17H15IN2O3. The summed E-state index contributed by atoms with van der Waals surface area (Å²) in [5, 5.41) is 0. The van der Waals surface area contributed by atoms with Crippen molar-refractivity contribution in [1.29, 1.82) is 0 Å². The number of hydrogen-bond donors (Lipinski definition) is 0. The minimum absolute atomic E-state index is 0.0730. The van der Waals surface area contributed by atoms with Gasteiger partial charge < -0.3 is 0 Å². The fourth-order valence-corrected chi connectivity index (χ4v) is 4.60. The van der Waals surface area contributed by atoms with Crippen LogP contribution in [0.4, 0.5) is 0 Å². The van der Waals surface area contributed by atoms with Gasteiger partial charge in [0, 0.05) is 23.2 Å². The number of amides is 2. The summed E-state index contributed by atoms with van der Waals surface area (Å²) in [6, 6.07) is 7.27. The maximum absolute atomic E-state index is 12.4. The number of carbonyl (C=O) groups is 3. The first-order chi connectivity index (χ1) is 11.0. The van der Waals surface area contributed by atoms with E-state index < -0.39 is 17.9 Å². The van der Waals surface area contributed by atoms with E-state index in [4.69, 9.17) is 0 Å². The molecule has 118 valence electrons. The summed E-state index contributed by atoms with van der Waals surface area (Å²) in [6.07, 6.45) is 3.34. The Morgan fingerprint density at radius 3 is 2.52 bits per heavy atom. The molecule has 6 heteroatoms. The highest BCUT2D eigenvalue weighted by atomic mass is 127. The van der Waals surface area contributed by atoms with Crippen LogP contribution in [0.5, 0.6) is 0 Å². The topological polar surface area (TPSA) is 57.7 Å². The molecule has 4 rings (SSSR count). The second-order valence-corrected chi connectivity index (χ2v) is 7.41. The lowest BCUT2D eigenvalue weighted by molar-refractivity contribution is -0.141. The van der Waals surface area contributed by atoms with Gasteiger partial charge in [0.25, 0.3) is 0 Å². The number of imide groups is 1. The van der Waals surface area contributed by atoms with Gasteiger partial charge >= 0.3 is 0 Å². The van der Waals surface area contributed by atoms with Gasteiger partial charge in [0.2, 0.25) is 11.8 Å². The van der Waals surface area contributed by atoms with Gasteiger partial charge in [-0.2, -0.15) is 0 Å². The highest BCUT2D eigenvalue weighted by Crippen LogP contribution is 2.45. The maximum Gasteiger partial charge on any atom is 0.234 e. The molecule has 0 spiro atoms. The second-order valence-electron chi connectivity index (χ2n) is 6.25. The van der Waals surface area contributed by atoms with Crippen LogP contribution in [-0.2, 0) is 20.9 Å². The summed E-state index contributed by atoms with van der Waals surface area (Å²) in [4.78, 5) is 40.5. The standard InChI is InChI=1S/C17H15IN2O3/c1-19-16(22)13-11-6-7-12(21)15(14(13)17(19)23)20(11)8-9-4-2-3-5-10(9)18/h2-7,11,13-15H,8H2,1H3/t11-,13-,14-,15+/m0/s1. The van der Waals surface area contributed by atoms with Gasteiger partial charge in [0.15, 0.2) is 5.78 Å². The average molecular weight is 422 g/mol. The van der Waals surface area contributed by atoms with Crippen LogP contribution < -0.4 is 0 Å². The Kier molecular flexibility index (Phi) is 3.42. The Morgan fingerprint density at radius 2 is 1.78 bits per heavy atom. The summed E-state index contributed by atoms with van der Waals surface area (Å²) in [6.45, 7) is 0.571. The fraction of sp³-hybridized carbons (Fsp3) is 0.353. The number of benzene rings is 1. The molecule has 0 radical (unpaired) electrons. The van der Waals surface area contributed by atoms with Crippen LogP contribution in [0, 0.1) is 15.4 Å². The molecule has 4 atom stereocenters. The normalized spacial score (nSPS) is 32.8. The molecule has 3 aliphatic rings. The van der Waals surface area contributed by atoms with Gasteiger partial charge in [-0.05, 0) is 40.3 Å². The zero-order valence-corrected chi connectivity index (χ0v) is 14.6. The molecule has 2 bridgehead atoms. The molecule has 0 aliphatic carbocycles. The summed E-state index contributed by atoms with van der Waals surface area (Å²) >= 11 is 2.27. The van der Waals surface area contributed by atoms with Crippen molar-refractivity contribution in [2.75, 3.05) is 7.05 Å². The lowest BCUT2D eigenvalue weighted by Gasteiger charge is -2.33. The predicted octanol–water partition coefficient (Wildman–Crippen LogP) is 1.21. The Hall–Kier alpha value is -1.54. The van der Waals surface area contributed by atoms with Crippen molar-refractivity contribution < 1.29 is 14.4 Å². The largest absolute Gasteiger partial charge is 0.293 e. The van der Waals surface area contributed by atoms with Crippen LogP contribution in [0.1, 0.15) is 5.56 Å². The summed E-state index contributed by atoms with van der Waals surface area (Å²) < 4.78 is 1.12. The molecule has 1 aromatic carbocycles. The summed E-state index contributed by atoms with van der Waals surface area (Å²) in [5.41, 5.74) is 1.11. The SMILES string of the molecule is CN1C(=O)[C@@H]2[C@H](C1=O)[C@H]1C(=O)C=C[C@@H]2N1Cc1ccccc1I. The Bertz CT molecular complexity index is 760. The van der Waals surface area contributed by atoms with Crippen molar-refractivity contribution in [3.05, 3.63) is 45.6 Å². The van der Waals surface area contributed by atoms with E-state index in [1.54, 1.807) is 12.2 Å². The van der Waals surface area contributed by atoms with Crippen LogP contribution in [-0.4, -0.2) is 46.5 Å². The number of hydrogen-bond acceptors (Lipinski definition) is 4. The third kappa shape index (κ3) is 2.04. The Morgan fingerprint density at radius 1 is 1.09 bits per heavy atom. The molecule has 2 fully saturated rings. The Labute approximate surface area is 147 Å². The van der Waals surface area contributed by atoms with E-state index in [1.807, 2.05) is 29.2 Å². The first-order valence-corrected chi connectivity index (χ1v) is 8.61. The molecule has 3 aliphatic heterocycles. The quantitative estimate of drug-likeness (QED) is 0.532.